The first-order valence-corrected chi connectivity index (χ1v) is 21.1. The molecule has 0 aliphatic carbocycles. The van der Waals surface area contributed by atoms with Gasteiger partial charge in [0.05, 0.1) is 35.4 Å². The maximum atomic E-state index is 17.9. The van der Waals surface area contributed by atoms with Crippen LogP contribution in [-0.2, 0) is 27.4 Å². The number of likely N-dealkylation sites (tertiary alicyclic amines) is 1. The second-order valence-electron chi connectivity index (χ2n) is 18.3. The van der Waals surface area contributed by atoms with Gasteiger partial charge < -0.3 is 28.7 Å². The van der Waals surface area contributed by atoms with E-state index in [1.807, 2.05) is 20.8 Å². The van der Waals surface area contributed by atoms with Crippen molar-refractivity contribution in [2.75, 3.05) is 43.0 Å². The highest BCUT2D eigenvalue weighted by atomic mass is 32.1. The second-order valence-corrected chi connectivity index (χ2v) is 19.4. The zero-order valence-corrected chi connectivity index (χ0v) is 34.9. The Labute approximate surface area is 344 Å². The van der Waals surface area contributed by atoms with Gasteiger partial charge >= 0.3 is 18.2 Å². The predicted octanol–water partition coefficient (Wildman–Crippen LogP) is 7.84. The number of nitrogens with zero attached hydrogens (tertiary/aromatic N) is 7. The number of piperazine rings is 1. The van der Waals surface area contributed by atoms with Crippen LogP contribution in [0.25, 0.3) is 32.2 Å². The normalized spacial score (nSPS) is 24.1. The van der Waals surface area contributed by atoms with Crippen LogP contribution in [0.2, 0.25) is 0 Å². The molecule has 1 aromatic carbocycles. The lowest BCUT2D eigenvalue weighted by Gasteiger charge is -2.42. The van der Waals surface area contributed by atoms with Crippen LogP contribution >= 0.6 is 11.3 Å². The fraction of sp³-hybridized carbons (Fsp3) is 0.571. The molecule has 5 aliphatic rings. The average molecular weight is 831 g/mol. The molecule has 2 amide bonds. The van der Waals surface area contributed by atoms with Crippen molar-refractivity contribution >= 4 is 55.3 Å². The van der Waals surface area contributed by atoms with Crippen LogP contribution in [0.5, 0.6) is 6.01 Å². The van der Waals surface area contributed by atoms with Crippen LogP contribution in [0.1, 0.15) is 90.3 Å². The van der Waals surface area contributed by atoms with Gasteiger partial charge in [-0.1, -0.05) is 0 Å². The molecule has 4 saturated heterocycles. The zero-order chi connectivity index (χ0) is 41.6. The van der Waals surface area contributed by atoms with Crippen molar-refractivity contribution < 1.29 is 37.3 Å². The highest BCUT2D eigenvalue weighted by Crippen LogP contribution is 2.49. The molecule has 0 spiro atoms. The molecule has 14 nitrogen and oxygen atoms in total. The largest absolute Gasteiger partial charge is 0.461 e. The number of alkyl halides is 1. The number of carbonyl (C=O) groups excluding carboxylic acids is 2. The van der Waals surface area contributed by atoms with Crippen LogP contribution in [0.15, 0.2) is 12.3 Å². The Bertz CT molecular complexity index is 2410. The number of hydrogen-bond donors (Lipinski definition) is 1. The molecule has 8 heterocycles. The summed E-state index contributed by atoms with van der Waals surface area (Å²) in [5.74, 6) is -0.188. The van der Waals surface area contributed by atoms with Gasteiger partial charge in [-0.3, -0.25) is 15.2 Å². The van der Waals surface area contributed by atoms with Gasteiger partial charge in [-0.2, -0.15) is 15.2 Å². The van der Waals surface area contributed by atoms with E-state index >= 15 is 4.39 Å². The third-order valence-corrected chi connectivity index (χ3v) is 13.0. The third-order valence-electron chi connectivity index (χ3n) is 11.9. The number of nitriles is 1. The summed E-state index contributed by atoms with van der Waals surface area (Å²) >= 11 is 1.17. The molecule has 9 rings (SSSR count). The van der Waals surface area contributed by atoms with Gasteiger partial charge in [-0.25, -0.2) is 18.4 Å². The zero-order valence-electron chi connectivity index (χ0n) is 34.1. The minimum Gasteiger partial charge on any atom is -0.461 e. The van der Waals surface area contributed by atoms with E-state index in [1.165, 1.54) is 11.3 Å². The predicted molar refractivity (Wildman–Crippen MR) is 217 cm³/mol. The Morgan fingerprint density at radius 3 is 2.49 bits per heavy atom. The molecule has 2 unspecified atom stereocenters. The first-order chi connectivity index (χ1) is 28.0. The van der Waals surface area contributed by atoms with Crippen LogP contribution < -0.4 is 15.0 Å². The second kappa shape index (κ2) is 14.4. The van der Waals surface area contributed by atoms with Crippen LogP contribution in [0, 0.1) is 17.1 Å². The smallest absolute Gasteiger partial charge is 0.412 e. The Kier molecular flexibility index (Phi) is 9.63. The molecule has 59 heavy (non-hydrogen) atoms. The molecule has 2 bridgehead atoms. The third kappa shape index (κ3) is 7.06. The lowest BCUT2D eigenvalue weighted by molar-refractivity contribution is 0.0209. The fourth-order valence-corrected chi connectivity index (χ4v) is 10.7. The number of carbonyl (C=O) groups is 2. The van der Waals surface area contributed by atoms with Crippen molar-refractivity contribution in [2.45, 2.75) is 122 Å². The topological polar surface area (TPSA) is 155 Å². The number of rotatable bonds is 6. The first kappa shape index (κ1) is 39.5. The summed E-state index contributed by atoms with van der Waals surface area (Å²) in [7, 11) is 0. The van der Waals surface area contributed by atoms with Gasteiger partial charge in [-0.05, 0) is 91.0 Å². The van der Waals surface area contributed by atoms with Crippen molar-refractivity contribution in [3.8, 4) is 23.3 Å². The quantitative estimate of drug-likeness (QED) is 0.201. The number of amides is 2. The van der Waals surface area contributed by atoms with Crippen molar-refractivity contribution in [1.29, 1.82) is 5.26 Å². The SMILES string of the molecule is CC(C)(C)OC(=O)Nc1sc2ccnc(-c3c4c(c5c(N6C7CCC6CN(C(=O)OC(C)(C)C)C7)nc(OC[C@@]67CCCN6C[C@H](F)C7)nc5c3F)COC4)c2c1C#N. The Balaban J connectivity index is 1.18. The number of nitrogens with one attached hydrogen (secondary N) is 1. The van der Waals surface area contributed by atoms with Crippen LogP contribution in [0.3, 0.4) is 0 Å². The molecule has 17 heteroatoms. The summed E-state index contributed by atoms with van der Waals surface area (Å²) in [5.41, 5.74) is -0.181. The van der Waals surface area contributed by atoms with Crippen molar-refractivity contribution in [1.82, 2.24) is 24.8 Å². The molecule has 1 N–H and O–H groups in total. The van der Waals surface area contributed by atoms with E-state index in [4.69, 9.17) is 28.9 Å². The molecule has 4 aromatic rings. The van der Waals surface area contributed by atoms with Crippen LogP contribution in [0.4, 0.5) is 29.2 Å². The number of aromatic nitrogens is 3. The number of fused-ring (bicyclic) bond motifs is 7. The fourth-order valence-electron chi connectivity index (χ4n) is 9.69. The van der Waals surface area contributed by atoms with Gasteiger partial charge in [0.2, 0.25) is 0 Å². The lowest BCUT2D eigenvalue weighted by Crippen LogP contribution is -2.56. The molecular weight excluding hydrogens is 783 g/mol. The van der Waals surface area contributed by atoms with Gasteiger partial charge in [0.1, 0.15) is 46.4 Å². The van der Waals surface area contributed by atoms with E-state index in [0.29, 0.717) is 58.5 Å². The maximum absolute atomic E-state index is 17.9. The number of halogens is 2. The standard InChI is InChI=1S/C42H48F2N8O6S/c1-40(2,3)57-38(53)49-36-25(15-45)29-28(59-36)10-12-46-33(29)30-26-19-55-20-27(26)31-34(32(30)44)47-37(56-21-42-11-7-13-51(42)16-22(43)14-42)48-35(31)52-23-8-9-24(52)18-50(17-23)39(54)58-41(4,5)6/h10,12,22-24H,7-9,11,13-14,16-21H2,1-6H3,(H,49,53)/t22-,23?,24?,42+/m1/s1. The molecule has 3 aromatic heterocycles. The van der Waals surface area contributed by atoms with E-state index < -0.39 is 34.8 Å². The number of thiophene rings is 1. The minimum atomic E-state index is -0.961. The van der Waals surface area contributed by atoms with E-state index in [1.54, 1.807) is 37.9 Å². The molecular formula is C42H48F2N8O6S. The van der Waals surface area contributed by atoms with Gasteiger partial charge in [-0.15, -0.1) is 11.3 Å². The summed E-state index contributed by atoms with van der Waals surface area (Å²) in [6, 6.07) is 3.61. The van der Waals surface area contributed by atoms with Gasteiger partial charge in [0.15, 0.2) is 5.82 Å². The average Bonchev–Trinajstić information content (AvgIpc) is 3.96. The summed E-state index contributed by atoms with van der Waals surface area (Å²) in [4.78, 5) is 46.7. The number of pyridine rings is 1. The number of hydrogen-bond acceptors (Lipinski definition) is 13. The number of benzene rings is 1. The Hall–Kier alpha value is -4.92. The number of ether oxygens (including phenoxy) is 4. The van der Waals surface area contributed by atoms with Crippen molar-refractivity contribution in [3.63, 3.8) is 0 Å². The van der Waals surface area contributed by atoms with E-state index in [9.17, 15) is 19.2 Å². The van der Waals surface area contributed by atoms with Crippen LogP contribution in [-0.4, -0.2) is 105 Å². The first-order valence-electron chi connectivity index (χ1n) is 20.3. The maximum Gasteiger partial charge on any atom is 0.412 e. The molecule has 0 saturated carbocycles. The summed E-state index contributed by atoms with van der Waals surface area (Å²) in [6.45, 7) is 13.0. The molecule has 0 radical (unpaired) electrons. The minimum absolute atomic E-state index is 0.00781. The summed E-state index contributed by atoms with van der Waals surface area (Å²) in [5, 5.41) is 14.3. The molecule has 312 valence electrons. The summed E-state index contributed by atoms with van der Waals surface area (Å²) < 4.78 is 57.0. The van der Waals surface area contributed by atoms with Gasteiger partial charge in [0, 0.05) is 60.0 Å². The monoisotopic (exact) mass is 830 g/mol. The van der Waals surface area contributed by atoms with Crippen molar-refractivity contribution in [2.24, 2.45) is 0 Å². The Morgan fingerprint density at radius 1 is 1.05 bits per heavy atom. The van der Waals surface area contributed by atoms with Crippen molar-refractivity contribution in [3.05, 3.63) is 34.8 Å². The molecule has 5 aliphatic heterocycles. The number of anilines is 2. The van der Waals surface area contributed by atoms with E-state index in [0.717, 1.165) is 32.2 Å². The highest BCUT2D eigenvalue weighted by Gasteiger charge is 2.50. The summed E-state index contributed by atoms with van der Waals surface area (Å²) in [6.07, 6.45) is 3.09. The van der Waals surface area contributed by atoms with E-state index in [2.05, 4.69) is 26.2 Å². The molecule has 4 fully saturated rings. The van der Waals surface area contributed by atoms with E-state index in [-0.39, 0.29) is 71.3 Å². The highest BCUT2D eigenvalue weighted by molar-refractivity contribution is 7.23. The Morgan fingerprint density at radius 2 is 1.78 bits per heavy atom. The molecule has 4 atom stereocenters. The van der Waals surface area contributed by atoms with Gasteiger partial charge in [0.25, 0.3) is 0 Å². The lowest BCUT2D eigenvalue weighted by atomic mass is 9.93.